The normalized spacial score (nSPS) is 11.8. The van der Waals surface area contributed by atoms with Crippen LogP contribution in [0.1, 0.15) is 31.8 Å². The summed E-state index contributed by atoms with van der Waals surface area (Å²) in [5, 5.41) is 5.71. The van der Waals surface area contributed by atoms with Gasteiger partial charge < -0.3 is 20.1 Å². The molecule has 3 aromatic rings. The molecule has 1 heterocycles. The van der Waals surface area contributed by atoms with Crippen LogP contribution in [0.2, 0.25) is 0 Å². The van der Waals surface area contributed by atoms with Crippen LogP contribution in [0.4, 0.5) is 5.69 Å². The molecule has 0 aromatic heterocycles. The van der Waals surface area contributed by atoms with E-state index in [1.165, 1.54) is 0 Å². The van der Waals surface area contributed by atoms with Crippen LogP contribution in [0.15, 0.2) is 66.7 Å². The van der Waals surface area contributed by atoms with Crippen molar-refractivity contribution < 1.29 is 19.1 Å². The summed E-state index contributed by atoms with van der Waals surface area (Å²) in [6, 6.07) is 19.7. The molecule has 146 valence electrons. The number of amides is 2. The van der Waals surface area contributed by atoms with Crippen LogP contribution in [0.25, 0.3) is 0 Å². The minimum Gasteiger partial charge on any atom is -0.454 e. The van der Waals surface area contributed by atoms with Crippen LogP contribution < -0.4 is 20.1 Å². The third-order valence-corrected chi connectivity index (χ3v) is 4.55. The molecule has 0 spiro atoms. The summed E-state index contributed by atoms with van der Waals surface area (Å²) < 4.78 is 10.6. The number of ether oxygens (including phenoxy) is 2. The lowest BCUT2D eigenvalue weighted by atomic mass is 10.1. The van der Waals surface area contributed by atoms with Crippen LogP contribution in [0.3, 0.4) is 0 Å². The number of anilines is 1. The molecule has 6 heteroatoms. The summed E-state index contributed by atoms with van der Waals surface area (Å²) in [6.45, 7) is 2.51. The molecule has 1 aliphatic rings. The zero-order valence-corrected chi connectivity index (χ0v) is 15.9. The van der Waals surface area contributed by atoms with Crippen LogP contribution in [-0.4, -0.2) is 18.6 Å². The van der Waals surface area contributed by atoms with Gasteiger partial charge in [0.25, 0.3) is 11.8 Å². The molecule has 6 nitrogen and oxygen atoms in total. The van der Waals surface area contributed by atoms with E-state index in [0.717, 1.165) is 11.1 Å². The molecule has 3 aromatic carbocycles. The number of hydrogen-bond acceptors (Lipinski definition) is 4. The van der Waals surface area contributed by atoms with Crippen molar-refractivity contribution in [1.82, 2.24) is 5.32 Å². The summed E-state index contributed by atoms with van der Waals surface area (Å²) in [7, 11) is 0. The Morgan fingerprint density at radius 2 is 1.62 bits per heavy atom. The van der Waals surface area contributed by atoms with Gasteiger partial charge in [-0.15, -0.1) is 0 Å². The quantitative estimate of drug-likeness (QED) is 0.695. The highest BCUT2D eigenvalue weighted by Gasteiger charge is 2.14. The Bertz CT molecular complexity index is 1080. The van der Waals surface area contributed by atoms with E-state index < -0.39 is 0 Å². The number of nitrogens with one attached hydrogen (secondary N) is 2. The van der Waals surface area contributed by atoms with Crippen molar-refractivity contribution in [2.24, 2.45) is 0 Å². The number of fused-ring (bicyclic) bond motifs is 1. The van der Waals surface area contributed by atoms with Crippen LogP contribution in [0, 0.1) is 6.92 Å². The second-order valence-electron chi connectivity index (χ2n) is 6.77. The molecule has 0 saturated carbocycles. The molecular formula is C23H20N2O4. The van der Waals surface area contributed by atoms with Gasteiger partial charge in [-0.1, -0.05) is 24.3 Å². The second-order valence-corrected chi connectivity index (χ2v) is 6.77. The maximum absolute atomic E-state index is 12.5. The molecule has 0 unspecified atom stereocenters. The standard InChI is InChI=1S/C23H20N2O4/c1-15-4-2-7-19(10-15)25-23(27)18-6-3-5-17(12-18)22(26)24-13-16-8-9-20-21(11-16)29-14-28-20/h2-12H,13-14H2,1H3,(H,24,26)(H,25,27). The van der Waals surface area contributed by atoms with Gasteiger partial charge in [-0.25, -0.2) is 0 Å². The zero-order valence-electron chi connectivity index (χ0n) is 15.9. The van der Waals surface area contributed by atoms with Crippen molar-refractivity contribution in [2.45, 2.75) is 13.5 Å². The van der Waals surface area contributed by atoms with E-state index in [4.69, 9.17) is 9.47 Å². The fourth-order valence-electron chi connectivity index (χ4n) is 3.06. The lowest BCUT2D eigenvalue weighted by Gasteiger charge is -2.09. The number of rotatable bonds is 5. The molecule has 4 rings (SSSR count). The Labute approximate surface area is 168 Å². The predicted molar refractivity (Wildman–Crippen MR) is 109 cm³/mol. The summed E-state index contributed by atoms with van der Waals surface area (Å²) in [6.07, 6.45) is 0. The van der Waals surface area contributed by atoms with E-state index in [-0.39, 0.29) is 18.6 Å². The minimum atomic E-state index is -0.263. The average molecular weight is 388 g/mol. The number of hydrogen-bond donors (Lipinski definition) is 2. The SMILES string of the molecule is Cc1cccc(NC(=O)c2cccc(C(=O)NCc3ccc4c(c3)OCO4)c2)c1. The molecule has 2 N–H and O–H groups in total. The van der Waals surface area contributed by atoms with Crippen molar-refractivity contribution in [2.75, 3.05) is 12.1 Å². The Morgan fingerprint density at radius 3 is 2.45 bits per heavy atom. The van der Waals surface area contributed by atoms with Gasteiger partial charge in [-0.2, -0.15) is 0 Å². The number of carbonyl (C=O) groups is 2. The zero-order chi connectivity index (χ0) is 20.2. The van der Waals surface area contributed by atoms with E-state index in [9.17, 15) is 9.59 Å². The second kappa shape index (κ2) is 8.06. The fraction of sp³-hybridized carbons (Fsp3) is 0.130. The Morgan fingerprint density at radius 1 is 0.862 bits per heavy atom. The Balaban J connectivity index is 1.41. The monoisotopic (exact) mass is 388 g/mol. The summed E-state index contributed by atoms with van der Waals surface area (Å²) in [5.74, 6) is 0.854. The van der Waals surface area contributed by atoms with Gasteiger partial charge in [0.15, 0.2) is 11.5 Å². The number of aryl methyl sites for hydroxylation is 1. The molecule has 1 aliphatic heterocycles. The molecule has 0 bridgehead atoms. The number of benzene rings is 3. The first-order valence-corrected chi connectivity index (χ1v) is 9.23. The maximum atomic E-state index is 12.5. The van der Waals surface area contributed by atoms with Gasteiger partial charge in [0.2, 0.25) is 6.79 Å². The average Bonchev–Trinajstić information content (AvgIpc) is 3.20. The van der Waals surface area contributed by atoms with E-state index in [1.807, 2.05) is 49.4 Å². The first-order valence-electron chi connectivity index (χ1n) is 9.23. The Kier molecular flexibility index (Phi) is 5.16. The third kappa shape index (κ3) is 4.38. The van der Waals surface area contributed by atoms with Crippen molar-refractivity contribution in [3.63, 3.8) is 0 Å². The van der Waals surface area contributed by atoms with Crippen LogP contribution >= 0.6 is 0 Å². The van der Waals surface area contributed by atoms with Crippen LogP contribution in [0.5, 0.6) is 11.5 Å². The molecule has 0 radical (unpaired) electrons. The van der Waals surface area contributed by atoms with Crippen LogP contribution in [-0.2, 0) is 6.54 Å². The summed E-state index contributed by atoms with van der Waals surface area (Å²) >= 11 is 0. The highest BCUT2D eigenvalue weighted by Crippen LogP contribution is 2.32. The largest absolute Gasteiger partial charge is 0.454 e. The molecule has 0 saturated heterocycles. The highest BCUT2D eigenvalue weighted by atomic mass is 16.7. The highest BCUT2D eigenvalue weighted by molar-refractivity contribution is 6.06. The van der Waals surface area contributed by atoms with Gasteiger partial charge in [0.05, 0.1) is 0 Å². The smallest absolute Gasteiger partial charge is 0.255 e. The van der Waals surface area contributed by atoms with E-state index in [0.29, 0.717) is 34.9 Å². The first kappa shape index (κ1) is 18.6. The molecule has 0 aliphatic carbocycles. The lowest BCUT2D eigenvalue weighted by Crippen LogP contribution is -2.23. The third-order valence-electron chi connectivity index (χ3n) is 4.55. The predicted octanol–water partition coefficient (Wildman–Crippen LogP) is 3.91. The maximum Gasteiger partial charge on any atom is 0.255 e. The van der Waals surface area contributed by atoms with Gasteiger partial charge >= 0.3 is 0 Å². The fourth-order valence-corrected chi connectivity index (χ4v) is 3.06. The first-order chi connectivity index (χ1) is 14.1. The van der Waals surface area contributed by atoms with Gasteiger partial charge in [-0.05, 0) is 60.5 Å². The summed E-state index contributed by atoms with van der Waals surface area (Å²) in [5.41, 5.74) is 3.51. The molecular weight excluding hydrogens is 368 g/mol. The molecule has 0 atom stereocenters. The summed E-state index contributed by atoms with van der Waals surface area (Å²) in [4.78, 5) is 25.1. The van der Waals surface area contributed by atoms with E-state index in [2.05, 4.69) is 10.6 Å². The lowest BCUT2D eigenvalue weighted by molar-refractivity contribution is 0.0951. The van der Waals surface area contributed by atoms with Gasteiger partial charge in [0, 0.05) is 23.4 Å². The van der Waals surface area contributed by atoms with Crippen molar-refractivity contribution >= 4 is 17.5 Å². The van der Waals surface area contributed by atoms with Crippen molar-refractivity contribution in [3.05, 3.63) is 89.0 Å². The molecule has 29 heavy (non-hydrogen) atoms. The van der Waals surface area contributed by atoms with Gasteiger partial charge in [-0.3, -0.25) is 9.59 Å². The number of carbonyl (C=O) groups excluding carboxylic acids is 2. The minimum absolute atomic E-state index is 0.211. The van der Waals surface area contributed by atoms with E-state index >= 15 is 0 Å². The Hall–Kier alpha value is -3.80. The molecule has 0 fully saturated rings. The topological polar surface area (TPSA) is 76.7 Å². The van der Waals surface area contributed by atoms with Crippen molar-refractivity contribution in [3.8, 4) is 11.5 Å². The van der Waals surface area contributed by atoms with Crippen molar-refractivity contribution in [1.29, 1.82) is 0 Å². The molecule has 2 amide bonds. The van der Waals surface area contributed by atoms with E-state index in [1.54, 1.807) is 24.3 Å². The van der Waals surface area contributed by atoms with Gasteiger partial charge in [0.1, 0.15) is 0 Å².